The Balaban J connectivity index is 1.49. The lowest BCUT2D eigenvalue weighted by Gasteiger charge is -2.12. The minimum absolute atomic E-state index is 0.223. The van der Waals surface area contributed by atoms with E-state index in [1.54, 1.807) is 13.3 Å². The number of hydrogen-bond donors (Lipinski definition) is 3. The fraction of sp³-hybridized carbons (Fsp3) is 0.0455. The number of methoxy groups -OCH3 is 1. The molecule has 4 aromatic rings. The standard InChI is InChI=1S/C22H19N3O2/c1-14(15-7-8-17-12-18(27-2)10-9-16(17)11-15)24-25-22(26)20-13-23-21-6-4-3-5-19(20)21/h3-13,23-24H,1H2,2H3,(H,25,26). The summed E-state index contributed by atoms with van der Waals surface area (Å²) in [7, 11) is 1.65. The topological polar surface area (TPSA) is 66.1 Å². The molecule has 0 atom stereocenters. The molecule has 0 aliphatic rings. The van der Waals surface area contributed by atoms with E-state index < -0.39 is 0 Å². The summed E-state index contributed by atoms with van der Waals surface area (Å²) in [5.74, 6) is 0.595. The van der Waals surface area contributed by atoms with E-state index in [1.807, 2.05) is 60.7 Å². The Hall–Kier alpha value is -3.73. The number of hydrazine groups is 1. The number of aromatic nitrogens is 1. The summed E-state index contributed by atoms with van der Waals surface area (Å²) in [6, 6.07) is 19.5. The van der Waals surface area contributed by atoms with Crippen LogP contribution in [0.2, 0.25) is 0 Å². The summed E-state index contributed by atoms with van der Waals surface area (Å²) >= 11 is 0. The van der Waals surface area contributed by atoms with Gasteiger partial charge in [-0.25, -0.2) is 0 Å². The molecule has 1 aromatic heterocycles. The predicted molar refractivity (Wildman–Crippen MR) is 108 cm³/mol. The molecule has 27 heavy (non-hydrogen) atoms. The number of H-pyrrole nitrogens is 1. The average Bonchev–Trinajstić information content (AvgIpc) is 3.15. The van der Waals surface area contributed by atoms with Crippen molar-refractivity contribution in [3.05, 3.63) is 84.6 Å². The SMILES string of the molecule is C=C(NNC(=O)c1c[nH]c2ccccc12)c1ccc2cc(OC)ccc2c1. The number of nitrogens with one attached hydrogen (secondary N) is 3. The van der Waals surface area contributed by atoms with Gasteiger partial charge < -0.3 is 9.72 Å². The minimum atomic E-state index is -0.223. The van der Waals surface area contributed by atoms with Gasteiger partial charge in [0.25, 0.3) is 5.91 Å². The summed E-state index contributed by atoms with van der Waals surface area (Å²) < 4.78 is 5.25. The molecule has 5 nitrogen and oxygen atoms in total. The van der Waals surface area contributed by atoms with Crippen LogP contribution in [-0.4, -0.2) is 18.0 Å². The van der Waals surface area contributed by atoms with Gasteiger partial charge in [0, 0.05) is 17.1 Å². The second kappa shape index (κ2) is 6.88. The maximum Gasteiger partial charge on any atom is 0.271 e. The number of carbonyl (C=O) groups excluding carboxylic acids is 1. The van der Waals surface area contributed by atoms with Crippen molar-refractivity contribution < 1.29 is 9.53 Å². The van der Waals surface area contributed by atoms with Crippen LogP contribution >= 0.6 is 0 Å². The van der Waals surface area contributed by atoms with Gasteiger partial charge in [-0.05, 0) is 40.6 Å². The molecule has 0 unspecified atom stereocenters. The molecule has 0 fully saturated rings. The monoisotopic (exact) mass is 357 g/mol. The molecule has 0 aliphatic carbocycles. The van der Waals surface area contributed by atoms with Crippen LogP contribution in [0, 0.1) is 0 Å². The maximum absolute atomic E-state index is 12.5. The third-order valence-electron chi connectivity index (χ3n) is 4.56. The molecule has 134 valence electrons. The highest BCUT2D eigenvalue weighted by molar-refractivity contribution is 6.06. The van der Waals surface area contributed by atoms with Crippen LogP contribution in [0.25, 0.3) is 27.4 Å². The second-order valence-corrected chi connectivity index (χ2v) is 6.23. The van der Waals surface area contributed by atoms with E-state index in [0.717, 1.165) is 33.0 Å². The van der Waals surface area contributed by atoms with Crippen LogP contribution in [0.3, 0.4) is 0 Å². The van der Waals surface area contributed by atoms with Gasteiger partial charge in [0.2, 0.25) is 0 Å². The first kappa shape index (κ1) is 16.7. The highest BCUT2D eigenvalue weighted by Gasteiger charge is 2.11. The molecule has 1 heterocycles. The normalized spacial score (nSPS) is 10.7. The fourth-order valence-electron chi connectivity index (χ4n) is 3.07. The number of amides is 1. The fourth-order valence-corrected chi connectivity index (χ4v) is 3.07. The molecule has 0 saturated carbocycles. The Kier molecular flexibility index (Phi) is 4.26. The number of carbonyl (C=O) groups is 1. The van der Waals surface area contributed by atoms with Gasteiger partial charge in [-0.15, -0.1) is 0 Å². The van der Waals surface area contributed by atoms with Crippen LogP contribution < -0.4 is 15.6 Å². The van der Waals surface area contributed by atoms with Crippen LogP contribution in [0.15, 0.2) is 73.4 Å². The molecule has 4 rings (SSSR count). The smallest absolute Gasteiger partial charge is 0.271 e. The molecule has 0 spiro atoms. The van der Waals surface area contributed by atoms with E-state index >= 15 is 0 Å². The number of benzene rings is 3. The lowest BCUT2D eigenvalue weighted by Crippen LogP contribution is -2.35. The molecular weight excluding hydrogens is 338 g/mol. The van der Waals surface area contributed by atoms with Crippen molar-refractivity contribution in [2.24, 2.45) is 0 Å². The lowest BCUT2D eigenvalue weighted by atomic mass is 10.1. The Bertz CT molecular complexity index is 1160. The highest BCUT2D eigenvalue weighted by Crippen LogP contribution is 2.23. The van der Waals surface area contributed by atoms with Crippen molar-refractivity contribution in [2.45, 2.75) is 0 Å². The first-order valence-corrected chi connectivity index (χ1v) is 8.55. The average molecular weight is 357 g/mol. The van der Waals surface area contributed by atoms with Crippen molar-refractivity contribution in [1.82, 2.24) is 15.8 Å². The van der Waals surface area contributed by atoms with E-state index in [-0.39, 0.29) is 5.91 Å². The van der Waals surface area contributed by atoms with E-state index in [2.05, 4.69) is 22.4 Å². The second-order valence-electron chi connectivity index (χ2n) is 6.23. The number of aromatic amines is 1. The molecule has 3 N–H and O–H groups in total. The van der Waals surface area contributed by atoms with Gasteiger partial charge in [-0.2, -0.15) is 0 Å². The molecule has 0 saturated heterocycles. The molecule has 5 heteroatoms. The quantitative estimate of drug-likeness (QED) is 0.468. The van der Waals surface area contributed by atoms with E-state index in [1.165, 1.54) is 0 Å². The summed E-state index contributed by atoms with van der Waals surface area (Å²) in [5.41, 5.74) is 8.63. The Morgan fingerprint density at radius 1 is 1.00 bits per heavy atom. The van der Waals surface area contributed by atoms with Crippen LogP contribution in [-0.2, 0) is 0 Å². The van der Waals surface area contributed by atoms with Gasteiger partial charge in [0.05, 0.1) is 18.4 Å². The Morgan fingerprint density at radius 2 is 1.78 bits per heavy atom. The molecule has 0 aliphatic heterocycles. The molecule has 0 bridgehead atoms. The predicted octanol–water partition coefficient (Wildman–Crippen LogP) is 4.24. The van der Waals surface area contributed by atoms with Crippen LogP contribution in [0.1, 0.15) is 15.9 Å². The maximum atomic E-state index is 12.5. The van der Waals surface area contributed by atoms with Gasteiger partial charge in [0.1, 0.15) is 5.75 Å². The van der Waals surface area contributed by atoms with Crippen molar-refractivity contribution in [3.8, 4) is 5.75 Å². The van der Waals surface area contributed by atoms with E-state index in [0.29, 0.717) is 11.3 Å². The molecule has 1 amide bonds. The molecule has 0 radical (unpaired) electrons. The van der Waals surface area contributed by atoms with Crippen molar-refractivity contribution in [2.75, 3.05) is 7.11 Å². The number of hydrogen-bond acceptors (Lipinski definition) is 3. The first-order chi connectivity index (χ1) is 13.2. The molecular formula is C22H19N3O2. The van der Waals surface area contributed by atoms with Crippen molar-refractivity contribution >= 4 is 33.3 Å². The van der Waals surface area contributed by atoms with Crippen molar-refractivity contribution in [3.63, 3.8) is 0 Å². The van der Waals surface area contributed by atoms with Gasteiger partial charge in [-0.3, -0.25) is 15.6 Å². The minimum Gasteiger partial charge on any atom is -0.497 e. The third-order valence-corrected chi connectivity index (χ3v) is 4.56. The summed E-state index contributed by atoms with van der Waals surface area (Å²) in [6.45, 7) is 4.02. The van der Waals surface area contributed by atoms with Gasteiger partial charge in [0.15, 0.2) is 0 Å². The Morgan fingerprint density at radius 3 is 2.63 bits per heavy atom. The zero-order chi connectivity index (χ0) is 18.8. The zero-order valence-electron chi connectivity index (χ0n) is 14.9. The number of rotatable bonds is 5. The number of fused-ring (bicyclic) bond motifs is 2. The van der Waals surface area contributed by atoms with Gasteiger partial charge >= 0.3 is 0 Å². The number of ether oxygens (including phenoxy) is 1. The highest BCUT2D eigenvalue weighted by atomic mass is 16.5. The lowest BCUT2D eigenvalue weighted by molar-refractivity contribution is 0.0944. The summed E-state index contributed by atoms with van der Waals surface area (Å²) in [6.07, 6.45) is 1.70. The molecule has 3 aromatic carbocycles. The van der Waals surface area contributed by atoms with Gasteiger partial charge in [-0.1, -0.05) is 43.0 Å². The van der Waals surface area contributed by atoms with E-state index in [4.69, 9.17) is 4.74 Å². The largest absolute Gasteiger partial charge is 0.497 e. The van der Waals surface area contributed by atoms with Crippen molar-refractivity contribution in [1.29, 1.82) is 0 Å². The first-order valence-electron chi connectivity index (χ1n) is 8.55. The third kappa shape index (κ3) is 3.22. The van der Waals surface area contributed by atoms with Crippen LogP contribution in [0.5, 0.6) is 5.75 Å². The summed E-state index contributed by atoms with van der Waals surface area (Å²) in [5, 5.41) is 3.02. The number of para-hydroxylation sites is 1. The Labute approximate surface area is 156 Å². The van der Waals surface area contributed by atoms with Crippen LogP contribution in [0.4, 0.5) is 0 Å². The van der Waals surface area contributed by atoms with E-state index in [9.17, 15) is 4.79 Å². The zero-order valence-corrected chi connectivity index (χ0v) is 14.9. The summed E-state index contributed by atoms with van der Waals surface area (Å²) in [4.78, 5) is 15.6.